The molecule has 0 aliphatic heterocycles. The second kappa shape index (κ2) is 22.4. The van der Waals surface area contributed by atoms with Gasteiger partial charge in [0.2, 0.25) is 0 Å². The van der Waals surface area contributed by atoms with Gasteiger partial charge in [-0.2, -0.15) is 0 Å². The first kappa shape index (κ1) is 22.7. The third kappa shape index (κ3) is 2010000. The van der Waals surface area contributed by atoms with Crippen molar-refractivity contribution in [1.82, 2.24) is 0 Å². The van der Waals surface area contributed by atoms with Gasteiger partial charge in [0, 0.05) is 0 Å². The molecule has 0 N–H and O–H groups in total. The third-order valence-corrected chi connectivity index (χ3v) is 0. The Hall–Kier alpha value is -0.0200. The van der Waals surface area contributed by atoms with E-state index in [1.807, 2.05) is 0 Å². The quantitative estimate of drug-likeness (QED) is 0.370. The summed E-state index contributed by atoms with van der Waals surface area (Å²) in [6, 6.07) is 0. The smallest absolute Gasteiger partial charge is 2.00 e. The molecule has 0 rings (SSSR count). The van der Waals surface area contributed by atoms with E-state index < -0.39 is 10.2 Å². The van der Waals surface area contributed by atoms with Crippen LogP contribution in [0.2, 0.25) is 0 Å². The van der Waals surface area contributed by atoms with E-state index in [4.69, 9.17) is 50.9 Å². The van der Waals surface area contributed by atoms with Crippen LogP contribution in [0.25, 0.3) is 0 Å². The molecule has 79 valence electrons. The molecule has 0 spiro atoms. The molecular weight excluding hydrogens is 313 g/mol. The van der Waals surface area contributed by atoms with E-state index in [-0.39, 0.29) is 16.5 Å². The summed E-state index contributed by atoms with van der Waals surface area (Å²) in [6.45, 7) is 0. The zero-order chi connectivity index (χ0) is 9.86. The van der Waals surface area contributed by atoms with Crippen molar-refractivity contribution in [3.8, 4) is 0 Å². The first-order chi connectivity index (χ1) is 4.88. The zero-order valence-electron chi connectivity index (χ0n) is 4.75. The van der Waals surface area contributed by atoms with E-state index in [9.17, 15) is 0 Å². The molecule has 0 bridgehead atoms. The SMILES string of the molecule is O=[N+]([O-])[O-].O=[N+]([O-])[O-].[Cl][Co][Cl].[Ni+2]. The number of halogens is 2. The summed E-state index contributed by atoms with van der Waals surface area (Å²) in [7, 11) is 9.47. The second-order valence-corrected chi connectivity index (χ2v) is 2.21. The van der Waals surface area contributed by atoms with Crippen LogP contribution in [-0.2, 0) is 29.4 Å². The maximum Gasteiger partial charge on any atom is 2.00 e. The fourth-order valence-corrected chi connectivity index (χ4v) is 0. The Bertz CT molecular complexity index is 91.7. The zero-order valence-corrected chi connectivity index (χ0v) is 8.29. The van der Waals surface area contributed by atoms with Gasteiger partial charge in [-0.05, 0) is 0 Å². The Morgan fingerprint density at radius 2 is 0.917 bits per heavy atom. The van der Waals surface area contributed by atoms with E-state index in [1.165, 1.54) is 0 Å². The maximum absolute atomic E-state index is 8.25. The average Bonchev–Trinajstić information content (AvgIpc) is 1.60. The third-order valence-electron chi connectivity index (χ3n) is 0. The maximum atomic E-state index is 8.25. The van der Waals surface area contributed by atoms with E-state index in [1.54, 1.807) is 0 Å². The molecule has 0 heterocycles. The van der Waals surface area contributed by atoms with Crippen LogP contribution in [0.15, 0.2) is 0 Å². The molecule has 8 nitrogen and oxygen atoms in total. The Morgan fingerprint density at radius 3 is 0.917 bits per heavy atom. The molecule has 12 heteroatoms. The van der Waals surface area contributed by atoms with Crippen molar-refractivity contribution in [3.05, 3.63) is 30.6 Å². The van der Waals surface area contributed by atoms with Gasteiger partial charge in [-0.25, -0.2) is 0 Å². The summed E-state index contributed by atoms with van der Waals surface area (Å²) >= 11 is 0.382. The molecule has 0 radical (unpaired) electrons. The van der Waals surface area contributed by atoms with Crippen molar-refractivity contribution >= 4 is 20.3 Å². The Morgan fingerprint density at radius 1 is 0.917 bits per heavy atom. The molecule has 0 aromatic rings. The van der Waals surface area contributed by atoms with Crippen LogP contribution < -0.4 is 0 Å². The normalized spacial score (nSPS) is 5.83. The summed E-state index contributed by atoms with van der Waals surface area (Å²) < 4.78 is 0. The van der Waals surface area contributed by atoms with Gasteiger partial charge < -0.3 is 30.6 Å². The van der Waals surface area contributed by atoms with E-state index >= 15 is 0 Å². The number of hydrogen-bond acceptors (Lipinski definition) is 6. The first-order valence-corrected chi connectivity index (χ1v) is 4.21. The molecule has 12 heavy (non-hydrogen) atoms. The number of rotatable bonds is 0. The minimum atomic E-state index is -1.75. The van der Waals surface area contributed by atoms with Crippen molar-refractivity contribution in [3.63, 3.8) is 0 Å². The minimum absolute atomic E-state index is 0. The topological polar surface area (TPSA) is 132 Å². The van der Waals surface area contributed by atoms with Gasteiger partial charge >= 0.3 is 49.7 Å². The van der Waals surface area contributed by atoms with E-state index in [0.717, 1.165) is 0 Å². The van der Waals surface area contributed by atoms with Gasteiger partial charge in [-0.1, -0.05) is 0 Å². The van der Waals surface area contributed by atoms with E-state index in [0.29, 0.717) is 12.9 Å². The van der Waals surface area contributed by atoms with Crippen molar-refractivity contribution in [2.75, 3.05) is 0 Å². The number of hydrogen-bond donors (Lipinski definition) is 0. The molecule has 0 atom stereocenters. The van der Waals surface area contributed by atoms with Crippen molar-refractivity contribution < 1.29 is 39.6 Å². The van der Waals surface area contributed by atoms with Crippen LogP contribution in [0.3, 0.4) is 0 Å². The Labute approximate surface area is 90.4 Å². The fourth-order valence-electron chi connectivity index (χ4n) is 0. The van der Waals surface area contributed by atoms with Gasteiger partial charge in [-0.3, -0.25) is 0 Å². The van der Waals surface area contributed by atoms with Gasteiger partial charge in [-0.15, -0.1) is 0 Å². The van der Waals surface area contributed by atoms with Crippen LogP contribution in [0.1, 0.15) is 0 Å². The van der Waals surface area contributed by atoms with Gasteiger partial charge in [0.25, 0.3) is 0 Å². The van der Waals surface area contributed by atoms with Crippen LogP contribution in [0.4, 0.5) is 0 Å². The molecule has 0 unspecified atom stereocenters. The first-order valence-electron chi connectivity index (χ1n) is 1.35. The van der Waals surface area contributed by atoms with Gasteiger partial charge in [0.15, 0.2) is 0 Å². The predicted molar refractivity (Wildman–Crippen MR) is 32.4 cm³/mol. The van der Waals surface area contributed by atoms with Crippen LogP contribution >= 0.6 is 20.3 Å². The van der Waals surface area contributed by atoms with Crippen molar-refractivity contribution in [2.24, 2.45) is 0 Å². The van der Waals surface area contributed by atoms with Crippen LogP contribution in [0, 0.1) is 30.6 Å². The van der Waals surface area contributed by atoms with Crippen molar-refractivity contribution in [2.45, 2.75) is 0 Å². The van der Waals surface area contributed by atoms with E-state index in [2.05, 4.69) is 0 Å². The molecule has 0 saturated heterocycles. The fraction of sp³-hybridized carbons (Fsp3) is 0. The molecule has 0 aliphatic carbocycles. The summed E-state index contributed by atoms with van der Waals surface area (Å²) in [5.74, 6) is 0. The molecule has 0 aliphatic rings. The van der Waals surface area contributed by atoms with Crippen LogP contribution in [0.5, 0.6) is 0 Å². The molecule has 0 aromatic heterocycles. The molecule has 0 saturated carbocycles. The Kier molecular flexibility index (Phi) is 42.4. The largest absolute Gasteiger partial charge is 2.00 e. The standard InChI is InChI=1S/2ClH.Co.2NO3.Ni/c;;;2*2-1(3)4;/h2*1H;;;;/q;;+2;2*-1;+2/p-2. The van der Waals surface area contributed by atoms with Crippen molar-refractivity contribution in [1.29, 1.82) is 0 Å². The summed E-state index contributed by atoms with van der Waals surface area (Å²) in [5, 5.41) is 29.5. The monoisotopic (exact) mass is 311 g/mol. The predicted octanol–water partition coefficient (Wildman–Crippen LogP) is 0.896. The van der Waals surface area contributed by atoms with Crippen LogP contribution in [-0.4, -0.2) is 10.2 Å². The minimum Gasteiger partial charge on any atom is 2.00 e. The molecule has 0 aromatic carbocycles. The molecular formula is Cl2CoN2NiO6. The second-order valence-electron chi connectivity index (χ2n) is 0.495. The van der Waals surface area contributed by atoms with Gasteiger partial charge in [0.05, 0.1) is 10.2 Å². The Balaban J connectivity index is -0.0000000389. The summed E-state index contributed by atoms with van der Waals surface area (Å²) in [6.07, 6.45) is 0. The molecule has 0 fully saturated rings. The average molecular weight is 313 g/mol. The molecule has 0 amide bonds. The summed E-state index contributed by atoms with van der Waals surface area (Å²) in [4.78, 5) is 16.5. The summed E-state index contributed by atoms with van der Waals surface area (Å²) in [5.41, 5.74) is 0. The van der Waals surface area contributed by atoms with Gasteiger partial charge in [0.1, 0.15) is 0 Å². The number of nitrogens with zero attached hydrogens (tertiary/aromatic N) is 2.